The standard InChI is InChI=1S/C31H24BrN3O5S/c1-18-15-22(16-27-28(36)33-31(41)35(29(27)37)25-9-5-21(6-10-25)30(38)39)19(2)34(18)24-11-13-26(14-12-24)40-17-20-3-7-23(32)8-4-20/h3-16H,17H2,1-2H3,(H,38,39)(H,33,36,41)/b27-16+. The zero-order valence-electron chi connectivity index (χ0n) is 22.1. The number of carboxylic acids is 1. The number of nitrogens with zero attached hydrogens (tertiary/aromatic N) is 2. The van der Waals surface area contributed by atoms with Gasteiger partial charge >= 0.3 is 5.97 Å². The van der Waals surface area contributed by atoms with Crippen LogP contribution in [-0.2, 0) is 16.2 Å². The third-order valence-electron chi connectivity index (χ3n) is 6.66. The van der Waals surface area contributed by atoms with Gasteiger partial charge in [-0.25, -0.2) is 4.79 Å². The highest BCUT2D eigenvalue weighted by Gasteiger charge is 2.34. The van der Waals surface area contributed by atoms with Gasteiger partial charge in [0.2, 0.25) is 0 Å². The van der Waals surface area contributed by atoms with Crippen LogP contribution in [0.1, 0.15) is 32.9 Å². The first-order chi connectivity index (χ1) is 19.6. The molecule has 1 fully saturated rings. The molecule has 2 N–H and O–H groups in total. The van der Waals surface area contributed by atoms with Crippen molar-refractivity contribution in [3.63, 3.8) is 0 Å². The third-order valence-corrected chi connectivity index (χ3v) is 7.47. The lowest BCUT2D eigenvalue weighted by atomic mass is 10.1. The molecule has 0 bridgehead atoms. The highest BCUT2D eigenvalue weighted by molar-refractivity contribution is 9.10. The number of aromatic nitrogens is 1. The molecule has 2 amide bonds. The zero-order chi connectivity index (χ0) is 29.3. The predicted octanol–water partition coefficient (Wildman–Crippen LogP) is 5.97. The average molecular weight is 631 g/mol. The number of benzene rings is 3. The fourth-order valence-electron chi connectivity index (χ4n) is 4.57. The minimum Gasteiger partial charge on any atom is -0.489 e. The first-order valence-corrected chi connectivity index (χ1v) is 13.7. The number of aromatic carboxylic acids is 1. The molecule has 1 aliphatic heterocycles. The van der Waals surface area contributed by atoms with Crippen LogP contribution in [0.2, 0.25) is 0 Å². The van der Waals surface area contributed by atoms with Crippen LogP contribution >= 0.6 is 28.1 Å². The Morgan fingerprint density at radius 2 is 1.61 bits per heavy atom. The third kappa shape index (κ3) is 5.84. The molecule has 0 aliphatic carbocycles. The van der Waals surface area contributed by atoms with Gasteiger partial charge in [-0.3, -0.25) is 19.8 Å². The van der Waals surface area contributed by atoms with Crippen molar-refractivity contribution in [2.24, 2.45) is 0 Å². The Morgan fingerprint density at radius 1 is 0.976 bits per heavy atom. The van der Waals surface area contributed by atoms with Gasteiger partial charge in [0.05, 0.1) is 11.3 Å². The smallest absolute Gasteiger partial charge is 0.335 e. The summed E-state index contributed by atoms with van der Waals surface area (Å²) in [5.74, 6) is -1.55. The fourth-order valence-corrected chi connectivity index (χ4v) is 5.12. The minimum absolute atomic E-state index is 0.0700. The summed E-state index contributed by atoms with van der Waals surface area (Å²) in [6.45, 7) is 4.31. The Morgan fingerprint density at radius 3 is 2.24 bits per heavy atom. The molecule has 206 valence electrons. The van der Waals surface area contributed by atoms with Crippen LogP contribution < -0.4 is 15.0 Å². The number of halogens is 1. The molecule has 0 saturated carbocycles. The van der Waals surface area contributed by atoms with E-state index in [0.29, 0.717) is 17.9 Å². The van der Waals surface area contributed by atoms with E-state index >= 15 is 0 Å². The first-order valence-electron chi connectivity index (χ1n) is 12.5. The number of amides is 2. The monoisotopic (exact) mass is 629 g/mol. The van der Waals surface area contributed by atoms with E-state index in [1.165, 1.54) is 29.2 Å². The number of nitrogens with one attached hydrogen (secondary N) is 1. The Labute approximate surface area is 250 Å². The van der Waals surface area contributed by atoms with Crippen LogP contribution in [0.4, 0.5) is 5.69 Å². The molecule has 3 aromatic carbocycles. The lowest BCUT2D eigenvalue weighted by Gasteiger charge is -2.29. The molecule has 0 atom stereocenters. The Kier molecular flexibility index (Phi) is 7.87. The number of anilines is 1. The second-order valence-corrected chi connectivity index (χ2v) is 10.7. The molecule has 1 aromatic heterocycles. The highest BCUT2D eigenvalue weighted by Crippen LogP contribution is 2.27. The number of rotatable bonds is 7. The average Bonchev–Trinajstić information content (AvgIpc) is 3.23. The number of hydrogen-bond acceptors (Lipinski definition) is 5. The molecule has 0 spiro atoms. The van der Waals surface area contributed by atoms with Crippen molar-refractivity contribution in [1.82, 2.24) is 9.88 Å². The molecule has 0 unspecified atom stereocenters. The molecule has 10 heteroatoms. The van der Waals surface area contributed by atoms with Crippen LogP contribution in [-0.4, -0.2) is 32.6 Å². The number of carboxylic acid groups (broad SMARTS) is 1. The van der Waals surface area contributed by atoms with Crippen molar-refractivity contribution in [3.8, 4) is 11.4 Å². The minimum atomic E-state index is -1.09. The molecule has 2 heterocycles. The second kappa shape index (κ2) is 11.5. The van der Waals surface area contributed by atoms with Crippen molar-refractivity contribution in [2.75, 3.05) is 4.90 Å². The van der Waals surface area contributed by atoms with Crippen LogP contribution in [0.5, 0.6) is 5.75 Å². The molecule has 1 saturated heterocycles. The largest absolute Gasteiger partial charge is 0.489 e. The van der Waals surface area contributed by atoms with Crippen LogP contribution in [0.3, 0.4) is 0 Å². The Hall–Kier alpha value is -4.54. The fraction of sp³-hybridized carbons (Fsp3) is 0.0968. The SMILES string of the molecule is Cc1cc(/C=C2\C(=O)NC(=S)N(c3ccc(C(=O)O)cc3)C2=O)c(C)n1-c1ccc(OCc2ccc(Br)cc2)cc1. The predicted molar refractivity (Wildman–Crippen MR) is 163 cm³/mol. The molecular weight excluding hydrogens is 606 g/mol. The maximum Gasteiger partial charge on any atom is 0.335 e. The summed E-state index contributed by atoms with van der Waals surface area (Å²) in [4.78, 5) is 38.6. The topological polar surface area (TPSA) is 101 Å². The molecule has 0 radical (unpaired) electrons. The quantitative estimate of drug-likeness (QED) is 0.148. The number of hydrogen-bond donors (Lipinski definition) is 2. The van der Waals surface area contributed by atoms with E-state index in [4.69, 9.17) is 22.1 Å². The summed E-state index contributed by atoms with van der Waals surface area (Å²) in [7, 11) is 0. The van der Waals surface area contributed by atoms with Gasteiger partial charge in [0.15, 0.2) is 5.11 Å². The van der Waals surface area contributed by atoms with Crippen molar-refractivity contribution in [2.45, 2.75) is 20.5 Å². The lowest BCUT2D eigenvalue weighted by Crippen LogP contribution is -2.54. The number of ether oxygens (including phenoxy) is 1. The van der Waals surface area contributed by atoms with E-state index in [0.717, 1.165) is 32.9 Å². The van der Waals surface area contributed by atoms with Crippen LogP contribution in [0.25, 0.3) is 11.8 Å². The Balaban J connectivity index is 1.38. The summed E-state index contributed by atoms with van der Waals surface area (Å²) in [5, 5.41) is 11.7. The number of thiocarbonyl (C=S) groups is 1. The normalized spacial score (nSPS) is 14.4. The van der Waals surface area contributed by atoms with Gasteiger partial charge in [-0.15, -0.1) is 0 Å². The summed E-state index contributed by atoms with van der Waals surface area (Å²) in [5.41, 5.74) is 4.75. The van der Waals surface area contributed by atoms with Crippen LogP contribution in [0, 0.1) is 13.8 Å². The molecule has 5 rings (SSSR count). The van der Waals surface area contributed by atoms with E-state index in [9.17, 15) is 14.4 Å². The molecule has 4 aromatic rings. The molecule has 1 aliphatic rings. The van der Waals surface area contributed by atoms with E-state index < -0.39 is 17.8 Å². The van der Waals surface area contributed by atoms with Gasteiger partial charge < -0.3 is 14.4 Å². The van der Waals surface area contributed by atoms with Crippen molar-refractivity contribution in [3.05, 3.63) is 117 Å². The highest BCUT2D eigenvalue weighted by atomic mass is 79.9. The zero-order valence-corrected chi connectivity index (χ0v) is 24.5. The van der Waals surface area contributed by atoms with Crippen molar-refractivity contribution >= 4 is 62.8 Å². The van der Waals surface area contributed by atoms with E-state index in [2.05, 4.69) is 21.2 Å². The van der Waals surface area contributed by atoms with Gasteiger partial charge in [0, 0.05) is 21.5 Å². The van der Waals surface area contributed by atoms with Gasteiger partial charge in [-0.05, 0) is 110 Å². The maximum atomic E-state index is 13.4. The van der Waals surface area contributed by atoms with Crippen molar-refractivity contribution in [1.29, 1.82) is 0 Å². The van der Waals surface area contributed by atoms with E-state index in [1.54, 1.807) is 6.08 Å². The maximum absolute atomic E-state index is 13.4. The number of carbonyl (C=O) groups excluding carboxylic acids is 2. The lowest BCUT2D eigenvalue weighted by molar-refractivity contribution is -0.122. The van der Waals surface area contributed by atoms with Gasteiger partial charge in [0.1, 0.15) is 17.9 Å². The van der Waals surface area contributed by atoms with Gasteiger partial charge in [0.25, 0.3) is 11.8 Å². The van der Waals surface area contributed by atoms with E-state index in [1.807, 2.05) is 73.0 Å². The van der Waals surface area contributed by atoms with Gasteiger partial charge in [-0.1, -0.05) is 28.1 Å². The number of aryl methyl sites for hydroxylation is 1. The van der Waals surface area contributed by atoms with Gasteiger partial charge in [-0.2, -0.15) is 0 Å². The van der Waals surface area contributed by atoms with Crippen LogP contribution in [0.15, 0.2) is 88.9 Å². The molecule has 41 heavy (non-hydrogen) atoms. The van der Waals surface area contributed by atoms with Crippen molar-refractivity contribution < 1.29 is 24.2 Å². The summed E-state index contributed by atoms with van der Waals surface area (Å²) in [6, 6.07) is 23.2. The molecular formula is C31H24BrN3O5S. The summed E-state index contributed by atoms with van der Waals surface area (Å²) < 4.78 is 8.97. The molecule has 8 nitrogen and oxygen atoms in total. The first kappa shape index (κ1) is 28.0. The second-order valence-electron chi connectivity index (χ2n) is 9.38. The summed E-state index contributed by atoms with van der Waals surface area (Å²) in [6.07, 6.45) is 1.55. The summed E-state index contributed by atoms with van der Waals surface area (Å²) >= 11 is 8.69. The Bertz CT molecular complexity index is 1710. The van der Waals surface area contributed by atoms with E-state index in [-0.39, 0.29) is 16.2 Å². The number of carbonyl (C=O) groups is 3.